The quantitative estimate of drug-likeness (QED) is 0.380. The highest BCUT2D eigenvalue weighted by Crippen LogP contribution is 2.47. The number of aromatic hydroxyl groups is 1. The fourth-order valence-corrected chi connectivity index (χ4v) is 4.91. The van der Waals surface area contributed by atoms with Crippen LogP contribution in [-0.4, -0.2) is 58.4 Å². The molecule has 1 heterocycles. The van der Waals surface area contributed by atoms with Crippen LogP contribution < -0.4 is 14.8 Å². The van der Waals surface area contributed by atoms with Crippen LogP contribution in [0.5, 0.6) is 17.2 Å². The highest BCUT2D eigenvalue weighted by atomic mass is 32.2. The summed E-state index contributed by atoms with van der Waals surface area (Å²) in [5.41, 5.74) is 1.20. The molecule has 198 valence electrons. The summed E-state index contributed by atoms with van der Waals surface area (Å²) in [6, 6.07) is 16.5. The van der Waals surface area contributed by atoms with E-state index in [0.717, 1.165) is 0 Å². The van der Waals surface area contributed by atoms with Gasteiger partial charge in [-0.05, 0) is 49.4 Å². The highest BCUT2D eigenvalue weighted by Gasteiger charge is 2.37. The second kappa shape index (κ2) is 12.0. The molecule has 9 nitrogen and oxygen atoms in total. The van der Waals surface area contributed by atoms with Crippen LogP contribution in [-0.2, 0) is 4.79 Å². The number of phenols is 1. The van der Waals surface area contributed by atoms with Crippen molar-refractivity contribution in [1.82, 2.24) is 10.3 Å². The monoisotopic (exact) mass is 539 g/mol. The number of carbonyl (C=O) groups excluding carboxylic acids is 2. The molecule has 0 saturated heterocycles. The van der Waals surface area contributed by atoms with Crippen molar-refractivity contribution in [3.8, 4) is 17.2 Å². The van der Waals surface area contributed by atoms with Crippen LogP contribution >= 0.6 is 11.8 Å². The molecule has 0 bridgehead atoms. The van der Waals surface area contributed by atoms with Crippen molar-refractivity contribution in [2.45, 2.75) is 18.3 Å². The van der Waals surface area contributed by atoms with Gasteiger partial charge in [0.1, 0.15) is 22.0 Å². The third-order valence-corrected chi connectivity index (χ3v) is 6.81. The summed E-state index contributed by atoms with van der Waals surface area (Å²) < 4.78 is 24.9. The maximum Gasteiger partial charge on any atom is 0.279 e. The molecule has 0 fully saturated rings. The number of hydrazone groups is 1. The first-order valence-corrected chi connectivity index (χ1v) is 12.5. The number of hydrogen-bond donors (Lipinski definition) is 3. The fourth-order valence-electron chi connectivity index (χ4n) is 3.74. The number of aliphatic hydroxyl groups is 1. The molecule has 0 aliphatic carbocycles. The zero-order valence-corrected chi connectivity index (χ0v) is 21.4. The number of nitrogens with zero attached hydrogens (tertiary/aromatic N) is 2. The van der Waals surface area contributed by atoms with Gasteiger partial charge in [0.15, 0.2) is 18.1 Å². The molecule has 3 aromatic rings. The molecule has 0 spiro atoms. The maximum atomic E-state index is 13.6. The SMILES string of the molecule is COc1c(OCC(=O)N[C@H](C)CO)cccc1[C@H]1SC(c2ccc(F)cc2)=NN1C(=O)c1ccccc1O. The van der Waals surface area contributed by atoms with Crippen LogP contribution in [0.4, 0.5) is 4.39 Å². The number of aliphatic hydroxyl groups excluding tert-OH is 1. The molecule has 3 aromatic carbocycles. The average Bonchev–Trinajstić information content (AvgIpc) is 3.37. The van der Waals surface area contributed by atoms with Crippen molar-refractivity contribution in [3.05, 3.63) is 89.2 Å². The van der Waals surface area contributed by atoms with Gasteiger partial charge in [-0.2, -0.15) is 5.10 Å². The first-order valence-electron chi connectivity index (χ1n) is 11.6. The molecule has 0 aromatic heterocycles. The van der Waals surface area contributed by atoms with E-state index < -0.39 is 29.0 Å². The van der Waals surface area contributed by atoms with Gasteiger partial charge in [-0.1, -0.05) is 36.0 Å². The molecule has 0 saturated carbocycles. The number of amides is 2. The molecule has 3 N–H and O–H groups in total. The molecule has 4 rings (SSSR count). The minimum Gasteiger partial charge on any atom is -0.507 e. The first-order chi connectivity index (χ1) is 18.3. The number of phenolic OH excluding ortho intramolecular Hbond substituents is 1. The van der Waals surface area contributed by atoms with Crippen molar-refractivity contribution in [2.75, 3.05) is 20.3 Å². The number of para-hydroxylation sites is 2. The van der Waals surface area contributed by atoms with Crippen molar-refractivity contribution in [1.29, 1.82) is 0 Å². The van der Waals surface area contributed by atoms with Gasteiger partial charge in [-0.25, -0.2) is 9.40 Å². The molecule has 2 atom stereocenters. The first kappa shape index (κ1) is 27.0. The Kier molecular flexibility index (Phi) is 8.49. The maximum absolute atomic E-state index is 13.6. The van der Waals surface area contributed by atoms with Crippen molar-refractivity contribution in [3.63, 3.8) is 0 Å². The molecule has 1 aliphatic rings. The fraction of sp³-hybridized carbons (Fsp3) is 0.222. The van der Waals surface area contributed by atoms with Crippen molar-refractivity contribution >= 4 is 28.6 Å². The van der Waals surface area contributed by atoms with Crippen LogP contribution in [0, 0.1) is 5.82 Å². The zero-order chi connectivity index (χ0) is 27.2. The topological polar surface area (TPSA) is 121 Å². The summed E-state index contributed by atoms with van der Waals surface area (Å²) in [7, 11) is 1.44. The smallest absolute Gasteiger partial charge is 0.279 e. The lowest BCUT2D eigenvalue weighted by Gasteiger charge is -2.24. The number of ether oxygens (including phenoxy) is 2. The van der Waals surface area contributed by atoms with E-state index in [1.165, 1.54) is 48.1 Å². The van der Waals surface area contributed by atoms with E-state index in [1.807, 2.05) is 0 Å². The van der Waals surface area contributed by atoms with Crippen LogP contribution in [0.15, 0.2) is 71.8 Å². The van der Waals surface area contributed by atoms with E-state index in [9.17, 15) is 19.1 Å². The van der Waals surface area contributed by atoms with Gasteiger partial charge in [-0.15, -0.1) is 0 Å². The van der Waals surface area contributed by atoms with E-state index in [4.69, 9.17) is 14.6 Å². The van der Waals surface area contributed by atoms with Crippen molar-refractivity contribution < 1.29 is 33.7 Å². The molecule has 0 unspecified atom stereocenters. The summed E-state index contributed by atoms with van der Waals surface area (Å²) in [5.74, 6) is -1.02. The molecule has 0 radical (unpaired) electrons. The number of thioether (sulfide) groups is 1. The van der Waals surface area contributed by atoms with Gasteiger partial charge in [0.25, 0.3) is 11.8 Å². The lowest BCUT2D eigenvalue weighted by Crippen LogP contribution is -2.38. The van der Waals surface area contributed by atoms with Crippen LogP contribution in [0.2, 0.25) is 0 Å². The largest absolute Gasteiger partial charge is 0.507 e. The minimum absolute atomic E-state index is 0.0586. The van der Waals surface area contributed by atoms with E-state index in [2.05, 4.69) is 10.4 Å². The van der Waals surface area contributed by atoms with Gasteiger partial charge >= 0.3 is 0 Å². The number of hydrogen-bond acceptors (Lipinski definition) is 8. The summed E-state index contributed by atoms with van der Waals surface area (Å²) in [6.45, 7) is 1.13. The second-order valence-corrected chi connectivity index (χ2v) is 9.44. The number of nitrogens with one attached hydrogen (secondary N) is 1. The normalized spacial score (nSPS) is 15.5. The second-order valence-electron chi connectivity index (χ2n) is 8.37. The standard InChI is InChI=1S/C27H26FN3O6S/c1-16(14-32)29-23(34)15-37-22-9-5-7-20(24(22)36-2)27-31(26(35)19-6-3-4-8-21(19)33)30-25(38-27)17-10-12-18(28)13-11-17/h3-13,16,27,32-33H,14-15H2,1-2H3,(H,29,34)/t16-,27-/m1/s1. The zero-order valence-electron chi connectivity index (χ0n) is 20.6. The van der Waals surface area contributed by atoms with E-state index >= 15 is 0 Å². The molecule has 11 heteroatoms. The number of benzene rings is 3. The summed E-state index contributed by atoms with van der Waals surface area (Å²) >= 11 is 1.24. The molecular formula is C27H26FN3O6S. The van der Waals surface area contributed by atoms with Crippen LogP contribution in [0.3, 0.4) is 0 Å². The highest BCUT2D eigenvalue weighted by molar-refractivity contribution is 8.14. The van der Waals surface area contributed by atoms with Gasteiger partial charge in [0.05, 0.1) is 19.3 Å². The van der Waals surface area contributed by atoms with Crippen molar-refractivity contribution in [2.24, 2.45) is 5.10 Å². The minimum atomic E-state index is -0.733. The number of halogens is 1. The summed E-state index contributed by atoms with van der Waals surface area (Å²) in [6.07, 6.45) is 0. The molecule has 2 amide bonds. The Morgan fingerprint density at radius 1 is 1.13 bits per heavy atom. The van der Waals surface area contributed by atoms with E-state index in [1.54, 1.807) is 49.4 Å². The Morgan fingerprint density at radius 2 is 1.87 bits per heavy atom. The van der Waals surface area contributed by atoms with Gasteiger partial charge < -0.3 is 25.0 Å². The summed E-state index contributed by atoms with van der Waals surface area (Å²) in [5, 5.41) is 27.5. The van der Waals surface area contributed by atoms with E-state index in [-0.39, 0.29) is 30.3 Å². The Hall–Kier alpha value is -4.09. The predicted octanol–water partition coefficient (Wildman–Crippen LogP) is 3.67. The lowest BCUT2D eigenvalue weighted by atomic mass is 10.1. The Bertz CT molecular complexity index is 1350. The molecule has 38 heavy (non-hydrogen) atoms. The van der Waals surface area contributed by atoms with E-state index in [0.29, 0.717) is 21.9 Å². The third kappa shape index (κ3) is 5.90. The Labute approximate surface area is 222 Å². The molecule has 1 aliphatic heterocycles. The Morgan fingerprint density at radius 3 is 2.55 bits per heavy atom. The van der Waals surface area contributed by atoms with Crippen LogP contribution in [0.25, 0.3) is 0 Å². The van der Waals surface area contributed by atoms with Crippen LogP contribution in [0.1, 0.15) is 33.8 Å². The third-order valence-electron chi connectivity index (χ3n) is 5.60. The van der Waals surface area contributed by atoms with Gasteiger partial charge in [0.2, 0.25) is 0 Å². The lowest BCUT2D eigenvalue weighted by molar-refractivity contribution is -0.124. The number of methoxy groups -OCH3 is 1. The molecular weight excluding hydrogens is 513 g/mol. The number of carbonyl (C=O) groups is 2. The average molecular weight is 540 g/mol. The predicted molar refractivity (Wildman–Crippen MR) is 141 cm³/mol. The Balaban J connectivity index is 1.69. The van der Waals surface area contributed by atoms with Gasteiger partial charge in [-0.3, -0.25) is 9.59 Å². The van der Waals surface area contributed by atoms with Gasteiger partial charge in [0, 0.05) is 17.2 Å². The summed E-state index contributed by atoms with van der Waals surface area (Å²) in [4.78, 5) is 25.7. The number of rotatable bonds is 9.